The maximum Gasteiger partial charge on any atom is 0.315 e. The number of rotatable bonds is 8. The molecule has 2 rings (SSSR count). The van der Waals surface area contributed by atoms with E-state index < -0.39 is 5.54 Å². The third-order valence-electron chi connectivity index (χ3n) is 4.15. The Balaban J connectivity index is 1.78. The van der Waals surface area contributed by atoms with Gasteiger partial charge in [0.2, 0.25) is 0 Å². The van der Waals surface area contributed by atoms with Gasteiger partial charge in [0.05, 0.1) is 18.8 Å². The van der Waals surface area contributed by atoms with Gasteiger partial charge in [-0.25, -0.2) is 4.79 Å². The molecule has 0 radical (unpaired) electrons. The van der Waals surface area contributed by atoms with Crippen LogP contribution in [0.3, 0.4) is 0 Å². The first kappa shape index (κ1) is 16.8. The van der Waals surface area contributed by atoms with Gasteiger partial charge in [-0.05, 0) is 43.7 Å². The fraction of sp³-hybridized carbons (Fsp3) is 0.588. The molecule has 1 atom stereocenters. The summed E-state index contributed by atoms with van der Waals surface area (Å²) in [6, 6.07) is 7.75. The molecule has 22 heavy (non-hydrogen) atoms. The Kier molecular flexibility index (Phi) is 5.80. The van der Waals surface area contributed by atoms with E-state index in [4.69, 9.17) is 4.74 Å². The van der Waals surface area contributed by atoms with E-state index in [0.717, 1.165) is 24.0 Å². The summed E-state index contributed by atoms with van der Waals surface area (Å²) in [5, 5.41) is 15.2. The van der Waals surface area contributed by atoms with Crippen LogP contribution < -0.4 is 10.6 Å². The number of carbonyl (C=O) groups is 1. The molecule has 5 heteroatoms. The smallest absolute Gasteiger partial charge is 0.315 e. The van der Waals surface area contributed by atoms with Gasteiger partial charge in [-0.2, -0.15) is 0 Å². The number of urea groups is 1. The van der Waals surface area contributed by atoms with Gasteiger partial charge in [0.1, 0.15) is 0 Å². The standard InChI is InChI=1S/C17H26N2O3/c1-3-22-11-14-6-4-13(5-7-14)10-18-16(21)19-17(2,12-20)15-8-9-15/h4-7,15,20H,3,8-12H2,1-2H3,(H2,18,19,21). The third kappa shape index (κ3) is 4.71. The van der Waals surface area contributed by atoms with Crippen molar-refractivity contribution in [3.8, 4) is 0 Å². The second-order valence-electron chi connectivity index (χ2n) is 6.11. The van der Waals surface area contributed by atoms with Gasteiger partial charge in [0.25, 0.3) is 0 Å². The summed E-state index contributed by atoms with van der Waals surface area (Å²) in [5.74, 6) is 0.390. The fourth-order valence-corrected chi connectivity index (χ4v) is 2.45. The molecule has 0 spiro atoms. The van der Waals surface area contributed by atoms with E-state index in [1.54, 1.807) is 0 Å². The molecule has 1 saturated carbocycles. The molecule has 0 aliphatic heterocycles. The molecule has 0 heterocycles. The summed E-state index contributed by atoms with van der Waals surface area (Å²) in [6.07, 6.45) is 2.14. The van der Waals surface area contributed by atoms with E-state index >= 15 is 0 Å². The van der Waals surface area contributed by atoms with Crippen LogP contribution in [0.4, 0.5) is 4.79 Å². The van der Waals surface area contributed by atoms with E-state index in [-0.39, 0.29) is 12.6 Å². The van der Waals surface area contributed by atoms with Gasteiger partial charge >= 0.3 is 6.03 Å². The summed E-state index contributed by atoms with van der Waals surface area (Å²) < 4.78 is 5.35. The lowest BCUT2D eigenvalue weighted by Gasteiger charge is -2.28. The van der Waals surface area contributed by atoms with Crippen LogP contribution >= 0.6 is 0 Å². The van der Waals surface area contributed by atoms with E-state index in [9.17, 15) is 9.90 Å². The van der Waals surface area contributed by atoms with Crippen molar-refractivity contribution >= 4 is 6.03 Å². The fourth-order valence-electron chi connectivity index (χ4n) is 2.45. The molecule has 2 amide bonds. The predicted molar refractivity (Wildman–Crippen MR) is 85.4 cm³/mol. The summed E-state index contributed by atoms with van der Waals surface area (Å²) in [5.41, 5.74) is 1.65. The average molecular weight is 306 g/mol. The number of hydrogen-bond donors (Lipinski definition) is 3. The molecular weight excluding hydrogens is 280 g/mol. The Hall–Kier alpha value is -1.59. The van der Waals surface area contributed by atoms with Crippen LogP contribution in [-0.2, 0) is 17.9 Å². The Bertz CT molecular complexity index is 485. The highest BCUT2D eigenvalue weighted by Gasteiger charge is 2.42. The third-order valence-corrected chi connectivity index (χ3v) is 4.15. The molecule has 3 N–H and O–H groups in total. The zero-order valence-electron chi connectivity index (χ0n) is 13.4. The number of aliphatic hydroxyl groups is 1. The first-order valence-electron chi connectivity index (χ1n) is 7.90. The van der Waals surface area contributed by atoms with Crippen LogP contribution in [0.5, 0.6) is 0 Å². The van der Waals surface area contributed by atoms with Gasteiger partial charge in [0, 0.05) is 13.2 Å². The lowest BCUT2D eigenvalue weighted by molar-refractivity contribution is 0.134. The number of amides is 2. The molecule has 5 nitrogen and oxygen atoms in total. The highest BCUT2D eigenvalue weighted by atomic mass is 16.5. The van der Waals surface area contributed by atoms with Crippen LogP contribution in [0.25, 0.3) is 0 Å². The van der Waals surface area contributed by atoms with Gasteiger partial charge in [-0.1, -0.05) is 24.3 Å². The van der Waals surface area contributed by atoms with Crippen molar-refractivity contribution in [1.29, 1.82) is 0 Å². The Labute approximate surface area is 132 Å². The number of benzene rings is 1. The molecule has 0 bridgehead atoms. The van der Waals surface area contributed by atoms with E-state index in [0.29, 0.717) is 25.7 Å². The minimum Gasteiger partial charge on any atom is -0.394 e. The van der Waals surface area contributed by atoms with Crippen molar-refractivity contribution in [1.82, 2.24) is 10.6 Å². The lowest BCUT2D eigenvalue weighted by atomic mass is 9.97. The maximum atomic E-state index is 12.0. The van der Waals surface area contributed by atoms with Crippen molar-refractivity contribution in [3.63, 3.8) is 0 Å². The average Bonchev–Trinajstić information content (AvgIpc) is 3.37. The molecule has 122 valence electrons. The van der Waals surface area contributed by atoms with Crippen molar-refractivity contribution in [3.05, 3.63) is 35.4 Å². The van der Waals surface area contributed by atoms with Crippen LogP contribution in [0.2, 0.25) is 0 Å². The minimum absolute atomic E-state index is 0.0305. The predicted octanol–water partition coefficient (Wildman–Crippen LogP) is 2.18. The molecule has 0 aromatic heterocycles. The van der Waals surface area contributed by atoms with Crippen molar-refractivity contribution in [2.75, 3.05) is 13.2 Å². The Morgan fingerprint density at radius 1 is 1.32 bits per heavy atom. The van der Waals surface area contributed by atoms with Crippen LogP contribution in [0.1, 0.15) is 37.8 Å². The Morgan fingerprint density at radius 3 is 2.50 bits per heavy atom. The Morgan fingerprint density at radius 2 is 1.95 bits per heavy atom. The molecule has 1 aromatic rings. The molecule has 1 aromatic carbocycles. The summed E-state index contributed by atoms with van der Waals surface area (Å²) in [6.45, 7) is 5.62. The monoisotopic (exact) mass is 306 g/mol. The second kappa shape index (κ2) is 7.61. The summed E-state index contributed by atoms with van der Waals surface area (Å²) in [4.78, 5) is 12.0. The second-order valence-corrected chi connectivity index (χ2v) is 6.11. The molecule has 1 aliphatic carbocycles. The van der Waals surface area contributed by atoms with Gasteiger partial charge in [0.15, 0.2) is 0 Å². The van der Waals surface area contributed by atoms with E-state index in [1.807, 2.05) is 38.1 Å². The van der Waals surface area contributed by atoms with Crippen molar-refractivity contribution < 1.29 is 14.6 Å². The SMILES string of the molecule is CCOCc1ccc(CNC(=O)NC(C)(CO)C2CC2)cc1. The van der Waals surface area contributed by atoms with Crippen LogP contribution in [0, 0.1) is 5.92 Å². The van der Waals surface area contributed by atoms with Crippen molar-refractivity contribution in [2.45, 2.75) is 45.4 Å². The van der Waals surface area contributed by atoms with Crippen LogP contribution in [-0.4, -0.2) is 29.9 Å². The van der Waals surface area contributed by atoms with Gasteiger partial charge < -0.3 is 20.5 Å². The van der Waals surface area contributed by atoms with Crippen molar-refractivity contribution in [2.24, 2.45) is 5.92 Å². The largest absolute Gasteiger partial charge is 0.394 e. The first-order valence-corrected chi connectivity index (χ1v) is 7.90. The zero-order chi connectivity index (χ0) is 16.0. The summed E-state index contributed by atoms with van der Waals surface area (Å²) in [7, 11) is 0. The lowest BCUT2D eigenvalue weighted by Crippen LogP contribution is -2.53. The normalized spacial score (nSPS) is 16.9. The highest BCUT2D eigenvalue weighted by Crippen LogP contribution is 2.39. The molecule has 0 saturated heterocycles. The molecule has 1 fully saturated rings. The number of carbonyl (C=O) groups excluding carboxylic acids is 1. The minimum atomic E-state index is -0.508. The quantitative estimate of drug-likeness (QED) is 0.689. The number of ether oxygens (including phenoxy) is 1. The first-order chi connectivity index (χ1) is 10.6. The maximum absolute atomic E-state index is 12.0. The van der Waals surface area contributed by atoms with Gasteiger partial charge in [-0.3, -0.25) is 0 Å². The van der Waals surface area contributed by atoms with Crippen LogP contribution in [0.15, 0.2) is 24.3 Å². The van der Waals surface area contributed by atoms with Gasteiger partial charge in [-0.15, -0.1) is 0 Å². The number of aliphatic hydroxyl groups excluding tert-OH is 1. The number of nitrogens with one attached hydrogen (secondary N) is 2. The number of hydrogen-bond acceptors (Lipinski definition) is 3. The highest BCUT2D eigenvalue weighted by molar-refractivity contribution is 5.74. The van der Waals surface area contributed by atoms with E-state index in [1.165, 1.54) is 0 Å². The molecule has 1 unspecified atom stereocenters. The summed E-state index contributed by atoms with van der Waals surface area (Å²) >= 11 is 0. The molecular formula is C17H26N2O3. The molecule has 1 aliphatic rings. The van der Waals surface area contributed by atoms with E-state index in [2.05, 4.69) is 10.6 Å². The zero-order valence-corrected chi connectivity index (χ0v) is 13.4. The topological polar surface area (TPSA) is 70.6 Å².